The van der Waals surface area contributed by atoms with Crippen molar-refractivity contribution >= 4 is 46.7 Å². The van der Waals surface area contributed by atoms with E-state index in [1.807, 2.05) is 0 Å². The average Bonchev–Trinajstić information content (AvgIpc) is 1.41. The minimum absolute atomic E-state index is 0. The van der Waals surface area contributed by atoms with Crippen LogP contribution >= 0.6 is 46.7 Å². The molecule has 0 aromatic heterocycles. The zero-order valence-electron chi connectivity index (χ0n) is 3.50. The van der Waals surface area contributed by atoms with E-state index in [9.17, 15) is 0 Å². The summed E-state index contributed by atoms with van der Waals surface area (Å²) in [5.41, 5.74) is 0. The van der Waals surface area contributed by atoms with Gasteiger partial charge in [-0.25, -0.2) is 11.9 Å². The molecule has 0 spiro atoms. The van der Waals surface area contributed by atoms with Crippen LogP contribution in [0.25, 0.3) is 0 Å². The van der Waals surface area contributed by atoms with E-state index in [2.05, 4.69) is 11.9 Å². The molecule has 7 heavy (non-hydrogen) atoms. The Balaban J connectivity index is -0.0000000480. The summed E-state index contributed by atoms with van der Waals surface area (Å²) >= 11 is 17.8. The molecule has 0 radical (unpaired) electrons. The maximum absolute atomic E-state index is 7.72. The standard InChI is InChI=1S/CHCl3.ClO.Na/c2-1(3)4;1-2;/h1H;;/q;-1;+1. The van der Waals surface area contributed by atoms with Crippen molar-refractivity contribution in [1.29, 1.82) is 0 Å². The molecule has 0 fully saturated rings. The minimum Gasteiger partial charge on any atom is -0.769 e. The Bertz CT molecular complexity index is 16.4. The molecule has 0 atom stereocenters. The third-order valence-electron chi connectivity index (χ3n) is 0. The fourth-order valence-corrected chi connectivity index (χ4v) is 0. The predicted molar refractivity (Wildman–Crippen MR) is 27.2 cm³/mol. The molecule has 0 aliphatic heterocycles. The van der Waals surface area contributed by atoms with Gasteiger partial charge in [0.1, 0.15) is 0 Å². The summed E-state index contributed by atoms with van der Waals surface area (Å²) in [5.74, 6) is 0. The van der Waals surface area contributed by atoms with Crippen LogP contribution in [-0.4, -0.2) is 4.30 Å². The SMILES string of the molecule is ClC(Cl)Cl.[Na+].[O-]Cl. The fraction of sp³-hybridized carbons (Fsp3) is 1.00. The maximum Gasteiger partial charge on any atom is 1.00 e. The van der Waals surface area contributed by atoms with E-state index in [1.54, 1.807) is 0 Å². The molecule has 0 aliphatic carbocycles. The van der Waals surface area contributed by atoms with Crippen LogP contribution in [0.15, 0.2) is 0 Å². The van der Waals surface area contributed by atoms with Crippen LogP contribution in [0.5, 0.6) is 0 Å². The second kappa shape index (κ2) is 15.7. The molecule has 0 amide bonds. The normalized spacial score (nSPS) is 6.00. The first kappa shape index (κ1) is 16.1. The Kier molecular flexibility index (Phi) is 36.0. The Hall–Kier alpha value is 2.12. The Morgan fingerprint density at radius 3 is 1.00 bits per heavy atom. The van der Waals surface area contributed by atoms with Gasteiger partial charge in [0.25, 0.3) is 0 Å². The van der Waals surface area contributed by atoms with E-state index < -0.39 is 4.30 Å². The number of hydrogen-bond acceptors (Lipinski definition) is 1. The van der Waals surface area contributed by atoms with E-state index in [4.69, 9.17) is 39.5 Å². The van der Waals surface area contributed by atoms with Crippen LogP contribution in [0.1, 0.15) is 0 Å². The fourth-order valence-electron chi connectivity index (χ4n) is 0. The van der Waals surface area contributed by atoms with Gasteiger partial charge < -0.3 is 4.66 Å². The molecule has 1 nitrogen and oxygen atoms in total. The molecule has 40 valence electrons. The van der Waals surface area contributed by atoms with Crippen molar-refractivity contribution in [3.05, 3.63) is 0 Å². The molecule has 0 aliphatic rings. The summed E-state index contributed by atoms with van der Waals surface area (Å²) in [6.45, 7) is 0. The molecule has 0 heterocycles. The Morgan fingerprint density at radius 1 is 1.00 bits per heavy atom. The van der Waals surface area contributed by atoms with E-state index in [0.29, 0.717) is 0 Å². The van der Waals surface area contributed by atoms with Crippen LogP contribution in [0.2, 0.25) is 0 Å². The maximum atomic E-state index is 7.72. The molecule has 0 rings (SSSR count). The predicted octanol–water partition coefficient (Wildman–Crippen LogP) is -1.51. The smallest absolute Gasteiger partial charge is 0.769 e. The van der Waals surface area contributed by atoms with Crippen LogP contribution < -0.4 is 34.2 Å². The summed E-state index contributed by atoms with van der Waals surface area (Å²) in [6, 6.07) is 0. The summed E-state index contributed by atoms with van der Waals surface area (Å²) in [5, 5.41) is 0. The zero-order valence-corrected chi connectivity index (χ0v) is 8.52. The van der Waals surface area contributed by atoms with Gasteiger partial charge in [0.15, 0.2) is 4.30 Å². The third-order valence-corrected chi connectivity index (χ3v) is 0. The molecule has 0 saturated carbocycles. The summed E-state index contributed by atoms with van der Waals surface area (Å²) in [7, 11) is 0. The first-order valence-electron chi connectivity index (χ1n) is 0.809. The molecule has 0 bridgehead atoms. The largest absolute Gasteiger partial charge is 1.00 e. The van der Waals surface area contributed by atoms with Crippen molar-refractivity contribution in [2.75, 3.05) is 0 Å². The number of halogens is 4. The first-order valence-corrected chi connectivity index (χ1v) is 2.43. The minimum atomic E-state index is -0.750. The van der Waals surface area contributed by atoms with Crippen molar-refractivity contribution in [1.82, 2.24) is 0 Å². The quantitative estimate of drug-likeness (QED) is 0.339. The first-order chi connectivity index (χ1) is 2.73. The van der Waals surface area contributed by atoms with Gasteiger partial charge in [0, 0.05) is 0 Å². The molecule has 6 heteroatoms. The molecule has 0 unspecified atom stereocenters. The Labute approximate surface area is 84.3 Å². The van der Waals surface area contributed by atoms with Gasteiger partial charge >= 0.3 is 29.6 Å². The molecule has 0 N–H and O–H groups in total. The van der Waals surface area contributed by atoms with Gasteiger partial charge in [-0.2, -0.15) is 0 Å². The second-order valence-corrected chi connectivity index (χ2v) is 2.23. The summed E-state index contributed by atoms with van der Waals surface area (Å²) < 4.78 is 6.97. The van der Waals surface area contributed by atoms with Gasteiger partial charge in [-0.15, -0.1) is 0 Å². The van der Waals surface area contributed by atoms with Crippen LogP contribution in [-0.2, 0) is 0 Å². The van der Waals surface area contributed by atoms with Gasteiger partial charge in [-0.1, -0.05) is 34.8 Å². The van der Waals surface area contributed by atoms with Gasteiger partial charge in [0.05, 0.1) is 0 Å². The second-order valence-electron chi connectivity index (χ2n) is 0.247. The van der Waals surface area contributed by atoms with Crippen LogP contribution in [0, 0.1) is 0 Å². The van der Waals surface area contributed by atoms with Crippen molar-refractivity contribution in [3.8, 4) is 0 Å². The number of hydrogen-bond donors (Lipinski definition) is 0. The van der Waals surface area contributed by atoms with E-state index >= 15 is 0 Å². The molecular weight excluding hydrogens is 193 g/mol. The summed E-state index contributed by atoms with van der Waals surface area (Å²) in [4.78, 5) is 0. The van der Waals surface area contributed by atoms with Gasteiger partial charge in [0.2, 0.25) is 0 Å². The summed E-state index contributed by atoms with van der Waals surface area (Å²) in [6.07, 6.45) is 0. The van der Waals surface area contributed by atoms with Crippen molar-refractivity contribution in [3.63, 3.8) is 0 Å². The van der Waals surface area contributed by atoms with Gasteiger partial charge in [-0.05, 0) is 0 Å². The van der Waals surface area contributed by atoms with Crippen molar-refractivity contribution in [2.24, 2.45) is 0 Å². The van der Waals surface area contributed by atoms with Crippen molar-refractivity contribution < 1.29 is 34.2 Å². The molecular formula is CHCl4NaO. The van der Waals surface area contributed by atoms with E-state index in [-0.39, 0.29) is 29.6 Å². The topological polar surface area (TPSA) is 23.1 Å². The molecule has 0 saturated heterocycles. The van der Waals surface area contributed by atoms with Gasteiger partial charge in [-0.3, -0.25) is 0 Å². The molecule has 0 aromatic carbocycles. The number of rotatable bonds is 0. The zero-order chi connectivity index (χ0) is 5.58. The van der Waals surface area contributed by atoms with E-state index in [1.165, 1.54) is 0 Å². The molecule has 0 aromatic rings. The average molecular weight is 194 g/mol. The monoisotopic (exact) mass is 192 g/mol. The van der Waals surface area contributed by atoms with Crippen LogP contribution in [0.4, 0.5) is 0 Å². The Morgan fingerprint density at radius 2 is 1.00 bits per heavy atom. The van der Waals surface area contributed by atoms with Crippen LogP contribution in [0.3, 0.4) is 0 Å². The number of alkyl halides is 3. The third kappa shape index (κ3) is 67.7. The van der Waals surface area contributed by atoms with Crippen molar-refractivity contribution in [2.45, 2.75) is 4.30 Å². The van der Waals surface area contributed by atoms with E-state index in [0.717, 1.165) is 0 Å².